The number of aromatic nitrogens is 2. The van der Waals surface area contributed by atoms with E-state index in [0.717, 1.165) is 11.1 Å². The molecule has 3 rings (SSSR count). The van der Waals surface area contributed by atoms with Crippen molar-refractivity contribution in [3.05, 3.63) is 71.1 Å². The molecule has 0 fully saturated rings. The molecule has 5 heteroatoms. The fourth-order valence-corrected chi connectivity index (χ4v) is 2.41. The molecule has 1 aromatic heterocycles. The lowest BCUT2D eigenvalue weighted by Gasteiger charge is -2.09. The van der Waals surface area contributed by atoms with Crippen molar-refractivity contribution in [2.75, 3.05) is 6.54 Å². The van der Waals surface area contributed by atoms with Gasteiger partial charge < -0.3 is 10.3 Å². The number of benzene rings is 2. The molecule has 0 aliphatic heterocycles. The van der Waals surface area contributed by atoms with Gasteiger partial charge in [0, 0.05) is 12.1 Å². The van der Waals surface area contributed by atoms with Crippen LogP contribution >= 0.6 is 11.6 Å². The molecule has 0 saturated carbocycles. The van der Waals surface area contributed by atoms with Crippen molar-refractivity contribution in [3.8, 4) is 11.4 Å². The Morgan fingerprint density at radius 2 is 1.76 bits per heavy atom. The third kappa shape index (κ3) is 2.82. The summed E-state index contributed by atoms with van der Waals surface area (Å²) in [6.07, 6.45) is 0. The molecule has 2 aromatic carbocycles. The highest BCUT2D eigenvalue weighted by Crippen LogP contribution is 2.28. The molecule has 4 nitrogen and oxygen atoms in total. The summed E-state index contributed by atoms with van der Waals surface area (Å²) in [7, 11) is 0. The number of nitrogens with zero attached hydrogens (tertiary/aromatic N) is 2. The third-order valence-corrected chi connectivity index (χ3v) is 3.62. The zero-order chi connectivity index (χ0) is 14.7. The summed E-state index contributed by atoms with van der Waals surface area (Å²) < 4.78 is 5.38. The fourth-order valence-electron chi connectivity index (χ4n) is 2.19. The van der Waals surface area contributed by atoms with Gasteiger partial charge in [-0.25, -0.2) is 0 Å². The van der Waals surface area contributed by atoms with Gasteiger partial charge in [-0.15, -0.1) is 0 Å². The van der Waals surface area contributed by atoms with Crippen molar-refractivity contribution in [1.82, 2.24) is 10.1 Å². The lowest BCUT2D eigenvalue weighted by molar-refractivity contribution is 0.367. The highest BCUT2D eigenvalue weighted by molar-refractivity contribution is 6.33. The van der Waals surface area contributed by atoms with E-state index in [4.69, 9.17) is 21.9 Å². The number of hydrogen-bond donors (Lipinski definition) is 1. The van der Waals surface area contributed by atoms with Crippen LogP contribution in [0.4, 0.5) is 0 Å². The minimum atomic E-state index is -0.116. The number of nitrogens with two attached hydrogens (primary N) is 1. The topological polar surface area (TPSA) is 64.9 Å². The predicted molar refractivity (Wildman–Crippen MR) is 82.1 cm³/mol. The van der Waals surface area contributed by atoms with E-state index in [1.54, 1.807) is 6.07 Å². The van der Waals surface area contributed by atoms with Gasteiger partial charge in [-0.2, -0.15) is 4.98 Å². The van der Waals surface area contributed by atoms with Crippen LogP contribution in [0.25, 0.3) is 11.4 Å². The number of rotatable bonds is 4. The average Bonchev–Trinajstić information content (AvgIpc) is 2.99. The summed E-state index contributed by atoms with van der Waals surface area (Å²) >= 11 is 6.15. The van der Waals surface area contributed by atoms with Crippen LogP contribution in [0, 0.1) is 0 Å². The van der Waals surface area contributed by atoms with Crippen LogP contribution in [0.5, 0.6) is 0 Å². The van der Waals surface area contributed by atoms with Crippen LogP contribution in [0.3, 0.4) is 0 Å². The molecule has 1 unspecified atom stereocenters. The van der Waals surface area contributed by atoms with E-state index in [0.29, 0.717) is 23.3 Å². The van der Waals surface area contributed by atoms with Crippen molar-refractivity contribution in [3.63, 3.8) is 0 Å². The Morgan fingerprint density at radius 3 is 2.48 bits per heavy atom. The Balaban J connectivity index is 1.96. The van der Waals surface area contributed by atoms with Gasteiger partial charge in [0.25, 0.3) is 0 Å². The van der Waals surface area contributed by atoms with Crippen LogP contribution in [0.15, 0.2) is 59.1 Å². The molecule has 0 radical (unpaired) electrons. The van der Waals surface area contributed by atoms with E-state index in [-0.39, 0.29) is 5.92 Å². The molecule has 1 atom stereocenters. The second kappa shape index (κ2) is 6.08. The summed E-state index contributed by atoms with van der Waals surface area (Å²) in [6, 6.07) is 17.3. The first-order chi connectivity index (χ1) is 10.3. The molecule has 3 aromatic rings. The predicted octanol–water partition coefficient (Wildman–Crippen LogP) is 3.48. The molecule has 0 amide bonds. The van der Waals surface area contributed by atoms with E-state index in [1.165, 1.54) is 0 Å². The first-order valence-corrected chi connectivity index (χ1v) is 7.01. The average molecular weight is 300 g/mol. The molecule has 0 bridgehead atoms. The summed E-state index contributed by atoms with van der Waals surface area (Å²) in [5, 5.41) is 4.61. The first-order valence-electron chi connectivity index (χ1n) is 6.63. The van der Waals surface area contributed by atoms with E-state index in [9.17, 15) is 0 Å². The van der Waals surface area contributed by atoms with Gasteiger partial charge in [-0.3, -0.25) is 0 Å². The van der Waals surface area contributed by atoms with Crippen molar-refractivity contribution in [2.45, 2.75) is 5.92 Å². The number of hydrogen-bond acceptors (Lipinski definition) is 4. The van der Waals surface area contributed by atoms with Crippen LogP contribution < -0.4 is 5.73 Å². The van der Waals surface area contributed by atoms with Crippen molar-refractivity contribution < 1.29 is 4.52 Å². The van der Waals surface area contributed by atoms with E-state index in [2.05, 4.69) is 10.1 Å². The van der Waals surface area contributed by atoms with Crippen molar-refractivity contribution in [2.24, 2.45) is 5.73 Å². The smallest absolute Gasteiger partial charge is 0.235 e. The van der Waals surface area contributed by atoms with Crippen LogP contribution in [0.1, 0.15) is 17.4 Å². The second-order valence-corrected chi connectivity index (χ2v) is 5.04. The van der Waals surface area contributed by atoms with Gasteiger partial charge in [0.1, 0.15) is 0 Å². The molecular weight excluding hydrogens is 286 g/mol. The summed E-state index contributed by atoms with van der Waals surface area (Å²) in [6.45, 7) is 0.397. The number of halogens is 1. The Kier molecular flexibility index (Phi) is 3.99. The van der Waals surface area contributed by atoms with Gasteiger partial charge in [-0.05, 0) is 17.7 Å². The van der Waals surface area contributed by atoms with Crippen molar-refractivity contribution >= 4 is 11.6 Å². The van der Waals surface area contributed by atoms with E-state index < -0.39 is 0 Å². The largest absolute Gasteiger partial charge is 0.338 e. The zero-order valence-electron chi connectivity index (χ0n) is 11.2. The molecule has 106 valence electrons. The first kappa shape index (κ1) is 13.8. The standard InChI is InChI=1S/C16H14ClN3O/c17-14-9-5-4-8-12(14)15-19-16(21-20-15)13(10-18)11-6-2-1-3-7-11/h1-9,13H,10,18H2. The lowest BCUT2D eigenvalue weighted by atomic mass is 9.99. The molecule has 1 heterocycles. The van der Waals surface area contributed by atoms with Gasteiger partial charge in [0.05, 0.1) is 10.9 Å². The highest BCUT2D eigenvalue weighted by atomic mass is 35.5. The van der Waals surface area contributed by atoms with Gasteiger partial charge in [0.15, 0.2) is 0 Å². The summed E-state index contributed by atoms with van der Waals surface area (Å²) in [5.41, 5.74) is 7.66. The van der Waals surface area contributed by atoms with E-state index >= 15 is 0 Å². The lowest BCUT2D eigenvalue weighted by Crippen LogP contribution is -2.14. The second-order valence-electron chi connectivity index (χ2n) is 4.64. The van der Waals surface area contributed by atoms with Gasteiger partial charge in [-0.1, -0.05) is 59.2 Å². The monoisotopic (exact) mass is 299 g/mol. The molecule has 21 heavy (non-hydrogen) atoms. The molecule has 0 aliphatic carbocycles. The normalized spacial score (nSPS) is 12.3. The maximum absolute atomic E-state index is 6.15. The maximum atomic E-state index is 6.15. The SMILES string of the molecule is NCC(c1ccccc1)c1nc(-c2ccccc2Cl)no1. The van der Waals surface area contributed by atoms with Crippen LogP contribution in [0.2, 0.25) is 5.02 Å². The van der Waals surface area contributed by atoms with E-state index in [1.807, 2.05) is 48.5 Å². The zero-order valence-corrected chi connectivity index (χ0v) is 12.0. The molecule has 0 aliphatic rings. The Hall–Kier alpha value is -2.17. The maximum Gasteiger partial charge on any atom is 0.235 e. The van der Waals surface area contributed by atoms with Crippen LogP contribution in [-0.4, -0.2) is 16.7 Å². The minimum Gasteiger partial charge on any atom is -0.338 e. The molecular formula is C16H14ClN3O. The summed E-state index contributed by atoms with van der Waals surface area (Å²) in [5.74, 6) is 0.860. The third-order valence-electron chi connectivity index (χ3n) is 3.29. The minimum absolute atomic E-state index is 0.116. The van der Waals surface area contributed by atoms with Gasteiger partial charge in [0.2, 0.25) is 11.7 Å². The van der Waals surface area contributed by atoms with Crippen LogP contribution in [-0.2, 0) is 0 Å². The molecule has 0 saturated heterocycles. The quantitative estimate of drug-likeness (QED) is 0.801. The summed E-state index contributed by atoms with van der Waals surface area (Å²) in [4.78, 5) is 4.45. The fraction of sp³-hybridized carbons (Fsp3) is 0.125. The Bertz CT molecular complexity index is 727. The molecule has 0 spiro atoms. The Morgan fingerprint density at radius 1 is 1.05 bits per heavy atom. The highest BCUT2D eigenvalue weighted by Gasteiger charge is 2.20. The Labute approximate surface area is 127 Å². The van der Waals surface area contributed by atoms with Crippen molar-refractivity contribution in [1.29, 1.82) is 0 Å². The molecule has 2 N–H and O–H groups in total. The van der Waals surface area contributed by atoms with Gasteiger partial charge >= 0.3 is 0 Å².